The Labute approximate surface area is 208 Å². The number of aliphatic imine (C=N–C) groups is 1. The number of carbonyl (C=O) groups excluding carboxylic acids is 1. The summed E-state index contributed by atoms with van der Waals surface area (Å²) in [5.74, 6) is 2.64. The first-order valence-corrected chi connectivity index (χ1v) is 11.4. The Morgan fingerprint density at radius 1 is 1.16 bits per heavy atom. The molecule has 180 valence electrons. The molecule has 0 atom stereocenters. The fourth-order valence-corrected chi connectivity index (χ4v) is 3.43. The highest BCUT2D eigenvalue weighted by atomic mass is 127. The molecule has 0 aliphatic carbocycles. The van der Waals surface area contributed by atoms with Gasteiger partial charge < -0.3 is 29.7 Å². The van der Waals surface area contributed by atoms with Crippen LogP contribution in [0.2, 0.25) is 0 Å². The topological polar surface area (TPSA) is 84.4 Å². The van der Waals surface area contributed by atoms with Gasteiger partial charge in [0.25, 0.3) is 0 Å². The molecule has 2 heterocycles. The van der Waals surface area contributed by atoms with Crippen LogP contribution in [0.3, 0.4) is 0 Å². The molecule has 0 aromatic heterocycles. The van der Waals surface area contributed by atoms with E-state index in [-0.39, 0.29) is 36.4 Å². The Morgan fingerprint density at radius 2 is 1.91 bits per heavy atom. The number of ether oxygens (including phenoxy) is 3. The number of guanidine groups is 1. The lowest BCUT2D eigenvalue weighted by molar-refractivity contribution is -0.128. The van der Waals surface area contributed by atoms with Gasteiger partial charge in [0.1, 0.15) is 6.54 Å². The minimum atomic E-state index is 0. The Hall–Kier alpha value is -1.75. The van der Waals surface area contributed by atoms with E-state index in [2.05, 4.69) is 29.5 Å². The lowest BCUT2D eigenvalue weighted by Crippen LogP contribution is -2.35. The van der Waals surface area contributed by atoms with Gasteiger partial charge in [0.05, 0.1) is 13.2 Å². The summed E-state index contributed by atoms with van der Waals surface area (Å²) in [6.45, 7) is 9.52. The molecule has 1 amide bonds. The third-order valence-corrected chi connectivity index (χ3v) is 5.05. The van der Waals surface area contributed by atoms with Gasteiger partial charge in [0.2, 0.25) is 5.91 Å². The van der Waals surface area contributed by atoms with E-state index in [1.54, 1.807) is 0 Å². The second kappa shape index (κ2) is 14.4. The highest BCUT2D eigenvalue weighted by molar-refractivity contribution is 14.0. The molecule has 1 aromatic rings. The largest absolute Gasteiger partial charge is 0.490 e. The Morgan fingerprint density at radius 3 is 2.66 bits per heavy atom. The Bertz CT molecular complexity index is 739. The number of rotatable bonds is 9. The van der Waals surface area contributed by atoms with Crippen molar-refractivity contribution < 1.29 is 19.0 Å². The summed E-state index contributed by atoms with van der Waals surface area (Å²) in [7, 11) is 0. The molecule has 2 N–H and O–H groups in total. The number of benzene rings is 1. The zero-order valence-electron chi connectivity index (χ0n) is 19.2. The van der Waals surface area contributed by atoms with Crippen LogP contribution in [0.5, 0.6) is 11.5 Å². The van der Waals surface area contributed by atoms with Crippen molar-refractivity contribution in [2.24, 2.45) is 10.9 Å². The van der Waals surface area contributed by atoms with Gasteiger partial charge in [0, 0.05) is 51.0 Å². The fraction of sp³-hybridized carbons (Fsp3) is 0.652. The van der Waals surface area contributed by atoms with Gasteiger partial charge in [-0.2, -0.15) is 0 Å². The highest BCUT2D eigenvalue weighted by Gasteiger charge is 2.17. The molecule has 3 rings (SSSR count). The third-order valence-electron chi connectivity index (χ3n) is 5.05. The van der Waals surface area contributed by atoms with Crippen molar-refractivity contribution in [1.29, 1.82) is 0 Å². The van der Waals surface area contributed by atoms with E-state index in [1.165, 1.54) is 0 Å². The zero-order chi connectivity index (χ0) is 21.9. The van der Waals surface area contributed by atoms with Crippen molar-refractivity contribution in [3.63, 3.8) is 0 Å². The molecule has 1 aromatic carbocycles. The van der Waals surface area contributed by atoms with Gasteiger partial charge in [-0.1, -0.05) is 13.8 Å². The number of fused-ring (bicyclic) bond motifs is 1. The van der Waals surface area contributed by atoms with Crippen molar-refractivity contribution in [2.75, 3.05) is 57.9 Å². The summed E-state index contributed by atoms with van der Waals surface area (Å²) < 4.78 is 17.1. The van der Waals surface area contributed by atoms with Crippen LogP contribution >= 0.6 is 24.0 Å². The maximum Gasteiger partial charge on any atom is 0.244 e. The van der Waals surface area contributed by atoms with Crippen LogP contribution in [0.4, 0.5) is 5.69 Å². The van der Waals surface area contributed by atoms with Crippen molar-refractivity contribution >= 4 is 41.5 Å². The summed E-state index contributed by atoms with van der Waals surface area (Å²) >= 11 is 0. The standard InChI is InChI=1S/C23H36N4O4.HI/c1-18(2)17-29-12-5-9-24-23(25-16-22(28)27-10-3-4-11-27)26-19-7-8-20-21(15-19)31-14-6-13-30-20;/h7-8,15,18H,3-6,9-14,16-17H2,1-2H3,(H2,24,25,26);1H. The molecule has 1 saturated heterocycles. The molecule has 8 nitrogen and oxygen atoms in total. The second-order valence-electron chi connectivity index (χ2n) is 8.34. The van der Waals surface area contributed by atoms with Gasteiger partial charge in [-0.25, -0.2) is 4.99 Å². The van der Waals surface area contributed by atoms with Crippen LogP contribution < -0.4 is 20.1 Å². The first kappa shape index (κ1) is 26.5. The number of hydrogen-bond donors (Lipinski definition) is 2. The maximum absolute atomic E-state index is 12.4. The van der Waals surface area contributed by atoms with E-state index in [0.29, 0.717) is 38.2 Å². The summed E-state index contributed by atoms with van der Waals surface area (Å²) in [6, 6.07) is 5.74. The van der Waals surface area contributed by atoms with E-state index in [0.717, 1.165) is 62.6 Å². The molecule has 2 aliphatic heterocycles. The molecule has 9 heteroatoms. The molecule has 0 radical (unpaired) electrons. The summed E-state index contributed by atoms with van der Waals surface area (Å²) in [6.07, 6.45) is 3.87. The van der Waals surface area contributed by atoms with Crippen LogP contribution in [-0.2, 0) is 9.53 Å². The minimum Gasteiger partial charge on any atom is -0.490 e. The minimum absolute atomic E-state index is 0. The number of hydrogen-bond acceptors (Lipinski definition) is 5. The average Bonchev–Trinajstić information content (AvgIpc) is 3.20. The lowest BCUT2D eigenvalue weighted by Gasteiger charge is -2.16. The van der Waals surface area contributed by atoms with E-state index in [9.17, 15) is 4.79 Å². The Balaban J connectivity index is 0.00000363. The summed E-state index contributed by atoms with van der Waals surface area (Å²) in [4.78, 5) is 18.8. The van der Waals surface area contributed by atoms with E-state index >= 15 is 0 Å². The predicted molar refractivity (Wildman–Crippen MR) is 137 cm³/mol. The van der Waals surface area contributed by atoms with Crippen LogP contribution in [0, 0.1) is 5.92 Å². The van der Waals surface area contributed by atoms with Crippen LogP contribution in [-0.4, -0.2) is 69.4 Å². The molecule has 2 aliphatic rings. The highest BCUT2D eigenvalue weighted by Crippen LogP contribution is 2.32. The number of anilines is 1. The molecule has 0 unspecified atom stereocenters. The first-order valence-electron chi connectivity index (χ1n) is 11.4. The summed E-state index contributed by atoms with van der Waals surface area (Å²) in [5, 5.41) is 6.61. The normalized spacial score (nSPS) is 15.8. The van der Waals surface area contributed by atoms with Gasteiger partial charge in [-0.15, -0.1) is 24.0 Å². The monoisotopic (exact) mass is 560 g/mol. The van der Waals surface area contributed by atoms with Crippen LogP contribution in [0.1, 0.15) is 39.5 Å². The number of nitrogens with zero attached hydrogens (tertiary/aromatic N) is 2. The average molecular weight is 560 g/mol. The number of carbonyl (C=O) groups is 1. The van der Waals surface area contributed by atoms with E-state index in [4.69, 9.17) is 14.2 Å². The summed E-state index contributed by atoms with van der Waals surface area (Å²) in [5.41, 5.74) is 0.833. The SMILES string of the molecule is CC(C)COCCCNC(=NCC(=O)N1CCCC1)Nc1ccc2c(c1)OCCCO2.I. The van der Waals surface area contributed by atoms with Crippen molar-refractivity contribution in [2.45, 2.75) is 39.5 Å². The predicted octanol–water partition coefficient (Wildman–Crippen LogP) is 3.51. The lowest BCUT2D eigenvalue weighted by atomic mass is 10.2. The van der Waals surface area contributed by atoms with Gasteiger partial charge in [-0.05, 0) is 37.3 Å². The molecule has 0 saturated carbocycles. The molecular weight excluding hydrogens is 523 g/mol. The first-order chi connectivity index (χ1) is 15.1. The van der Waals surface area contributed by atoms with Crippen molar-refractivity contribution in [3.05, 3.63) is 18.2 Å². The van der Waals surface area contributed by atoms with Gasteiger partial charge in [-0.3, -0.25) is 4.79 Å². The van der Waals surface area contributed by atoms with Gasteiger partial charge >= 0.3 is 0 Å². The maximum atomic E-state index is 12.4. The molecule has 32 heavy (non-hydrogen) atoms. The third kappa shape index (κ3) is 9.01. The zero-order valence-corrected chi connectivity index (χ0v) is 21.6. The molecular formula is C23H37IN4O4. The number of amides is 1. The fourth-order valence-electron chi connectivity index (χ4n) is 3.43. The Kier molecular flexibility index (Phi) is 11.9. The smallest absolute Gasteiger partial charge is 0.244 e. The molecule has 0 spiro atoms. The quantitative estimate of drug-likeness (QED) is 0.208. The second-order valence-corrected chi connectivity index (χ2v) is 8.34. The molecule has 1 fully saturated rings. The number of likely N-dealkylation sites (tertiary alicyclic amines) is 1. The van der Waals surface area contributed by atoms with Crippen LogP contribution in [0.25, 0.3) is 0 Å². The van der Waals surface area contributed by atoms with E-state index < -0.39 is 0 Å². The number of nitrogens with one attached hydrogen (secondary N) is 2. The molecule has 0 bridgehead atoms. The van der Waals surface area contributed by atoms with Crippen LogP contribution in [0.15, 0.2) is 23.2 Å². The van der Waals surface area contributed by atoms with E-state index in [1.807, 2.05) is 23.1 Å². The van der Waals surface area contributed by atoms with Gasteiger partial charge in [0.15, 0.2) is 17.5 Å². The number of halogens is 1. The van der Waals surface area contributed by atoms with Crippen molar-refractivity contribution in [1.82, 2.24) is 10.2 Å². The van der Waals surface area contributed by atoms with Crippen molar-refractivity contribution in [3.8, 4) is 11.5 Å².